The molecule has 2 N–H and O–H groups in total. The van der Waals surface area contributed by atoms with Crippen molar-refractivity contribution in [2.75, 3.05) is 6.61 Å². The smallest absolute Gasteiger partial charge is 0.307 e. The zero-order valence-electron chi connectivity index (χ0n) is 12.9. The van der Waals surface area contributed by atoms with Crippen LogP contribution in [0.15, 0.2) is 42.5 Å². The van der Waals surface area contributed by atoms with Gasteiger partial charge in [-0.1, -0.05) is 35.9 Å². The Labute approximate surface area is 140 Å². The minimum absolute atomic E-state index is 0.186. The highest BCUT2D eigenvalue weighted by Crippen LogP contribution is 2.28. The number of esters is 1. The van der Waals surface area contributed by atoms with Crippen LogP contribution in [-0.4, -0.2) is 18.6 Å². The van der Waals surface area contributed by atoms with Crippen LogP contribution in [0, 0.1) is 5.82 Å². The van der Waals surface area contributed by atoms with Gasteiger partial charge < -0.3 is 10.5 Å². The quantitative estimate of drug-likeness (QED) is 0.813. The molecule has 2 aromatic carbocycles. The second-order valence-electron chi connectivity index (χ2n) is 5.29. The van der Waals surface area contributed by atoms with Gasteiger partial charge >= 0.3 is 5.97 Å². The number of hydrogen-bond donors (Lipinski definition) is 1. The molecule has 2 rings (SSSR count). The van der Waals surface area contributed by atoms with E-state index in [9.17, 15) is 9.18 Å². The summed E-state index contributed by atoms with van der Waals surface area (Å²) in [6.45, 7) is 2.12. The van der Waals surface area contributed by atoms with Crippen LogP contribution < -0.4 is 5.73 Å². The van der Waals surface area contributed by atoms with Gasteiger partial charge in [0, 0.05) is 16.6 Å². The van der Waals surface area contributed by atoms with Gasteiger partial charge in [-0.3, -0.25) is 4.79 Å². The van der Waals surface area contributed by atoms with E-state index in [0.29, 0.717) is 23.6 Å². The van der Waals surface area contributed by atoms with E-state index in [0.717, 1.165) is 11.1 Å². The van der Waals surface area contributed by atoms with Crippen LogP contribution in [0.5, 0.6) is 0 Å². The summed E-state index contributed by atoms with van der Waals surface area (Å²) in [6.07, 6.45) is 0.751. The van der Waals surface area contributed by atoms with Crippen molar-refractivity contribution < 1.29 is 13.9 Å². The molecule has 0 saturated heterocycles. The molecular weight excluding hydrogens is 317 g/mol. The highest BCUT2D eigenvalue weighted by molar-refractivity contribution is 6.33. The summed E-state index contributed by atoms with van der Waals surface area (Å²) < 4.78 is 18.2. The lowest BCUT2D eigenvalue weighted by Crippen LogP contribution is -2.27. The molecule has 1 atom stereocenters. The third-order valence-corrected chi connectivity index (χ3v) is 3.76. The molecule has 0 saturated carbocycles. The van der Waals surface area contributed by atoms with Gasteiger partial charge in [-0.05, 0) is 42.7 Å². The van der Waals surface area contributed by atoms with Crippen LogP contribution >= 0.6 is 11.6 Å². The average molecular weight is 336 g/mol. The molecule has 1 unspecified atom stereocenters. The van der Waals surface area contributed by atoms with Crippen LogP contribution in [0.4, 0.5) is 4.39 Å². The van der Waals surface area contributed by atoms with E-state index in [2.05, 4.69) is 0 Å². The second kappa shape index (κ2) is 8.09. The molecule has 0 bridgehead atoms. The zero-order valence-corrected chi connectivity index (χ0v) is 13.6. The molecule has 122 valence electrons. The molecule has 2 aromatic rings. The average Bonchev–Trinajstić information content (AvgIpc) is 2.50. The van der Waals surface area contributed by atoms with E-state index in [-0.39, 0.29) is 24.2 Å². The maximum atomic E-state index is 13.3. The third-order valence-electron chi connectivity index (χ3n) is 3.43. The number of hydrogen-bond acceptors (Lipinski definition) is 3. The topological polar surface area (TPSA) is 52.3 Å². The summed E-state index contributed by atoms with van der Waals surface area (Å²) in [5.41, 5.74) is 8.43. The van der Waals surface area contributed by atoms with Gasteiger partial charge in [0.15, 0.2) is 0 Å². The van der Waals surface area contributed by atoms with Gasteiger partial charge in [0.25, 0.3) is 0 Å². The molecule has 0 aliphatic carbocycles. The molecule has 3 nitrogen and oxygen atoms in total. The van der Waals surface area contributed by atoms with Crippen molar-refractivity contribution in [3.05, 3.63) is 58.9 Å². The van der Waals surface area contributed by atoms with Crippen LogP contribution in [0.3, 0.4) is 0 Å². The Morgan fingerprint density at radius 2 is 1.96 bits per heavy atom. The summed E-state index contributed by atoms with van der Waals surface area (Å²) in [5, 5.41) is 0.498. The molecule has 0 fully saturated rings. The SMILES string of the molecule is CCOC(=O)CC(N)Cc1ccc(-c2cc(F)ccc2Cl)cc1. The number of carbonyl (C=O) groups is 1. The highest BCUT2D eigenvalue weighted by Gasteiger charge is 2.11. The molecule has 5 heteroatoms. The first-order valence-corrected chi connectivity index (χ1v) is 7.83. The maximum absolute atomic E-state index is 13.3. The van der Waals surface area contributed by atoms with Gasteiger partial charge in [-0.2, -0.15) is 0 Å². The Kier molecular flexibility index (Phi) is 6.13. The van der Waals surface area contributed by atoms with Crippen LogP contribution in [0.2, 0.25) is 5.02 Å². The molecule has 0 heterocycles. The van der Waals surface area contributed by atoms with Crippen molar-refractivity contribution in [3.8, 4) is 11.1 Å². The minimum atomic E-state index is -0.329. The number of halogens is 2. The number of rotatable bonds is 6. The Balaban J connectivity index is 2.05. The lowest BCUT2D eigenvalue weighted by molar-refractivity contribution is -0.143. The van der Waals surface area contributed by atoms with Crippen molar-refractivity contribution in [2.24, 2.45) is 5.73 Å². The standard InChI is InChI=1S/C18H19ClFNO2/c1-2-23-18(22)11-15(21)9-12-3-5-13(6-4-12)16-10-14(20)7-8-17(16)19/h3-8,10,15H,2,9,11,21H2,1H3. The number of nitrogens with two attached hydrogens (primary N) is 1. The Morgan fingerprint density at radius 3 is 2.61 bits per heavy atom. The van der Waals surface area contributed by atoms with Gasteiger partial charge in [-0.15, -0.1) is 0 Å². The van der Waals surface area contributed by atoms with E-state index in [4.69, 9.17) is 22.1 Å². The van der Waals surface area contributed by atoms with E-state index in [1.807, 2.05) is 24.3 Å². The summed E-state index contributed by atoms with van der Waals surface area (Å²) >= 11 is 6.10. The summed E-state index contributed by atoms with van der Waals surface area (Å²) in [7, 11) is 0. The van der Waals surface area contributed by atoms with Gasteiger partial charge in [0.1, 0.15) is 5.82 Å². The van der Waals surface area contributed by atoms with Crippen LogP contribution in [-0.2, 0) is 16.0 Å². The lowest BCUT2D eigenvalue weighted by atomic mass is 10.00. The third kappa shape index (κ3) is 5.05. The first kappa shape index (κ1) is 17.4. The predicted octanol–water partition coefficient (Wildman–Crippen LogP) is 3.97. The maximum Gasteiger partial charge on any atom is 0.307 e. The first-order valence-electron chi connectivity index (χ1n) is 7.45. The Hall–Kier alpha value is -1.91. The van der Waals surface area contributed by atoms with Crippen molar-refractivity contribution in [3.63, 3.8) is 0 Å². The van der Waals surface area contributed by atoms with Crippen molar-refractivity contribution in [1.82, 2.24) is 0 Å². The molecule has 0 aromatic heterocycles. The normalized spacial score (nSPS) is 12.0. The first-order chi connectivity index (χ1) is 11.0. The second-order valence-corrected chi connectivity index (χ2v) is 5.70. The summed E-state index contributed by atoms with van der Waals surface area (Å²) in [6, 6.07) is 11.5. The fourth-order valence-corrected chi connectivity index (χ4v) is 2.57. The molecule has 0 radical (unpaired) electrons. The van der Waals surface area contributed by atoms with Crippen molar-refractivity contribution >= 4 is 17.6 Å². The predicted molar refractivity (Wildman–Crippen MR) is 89.8 cm³/mol. The minimum Gasteiger partial charge on any atom is -0.466 e. The molecule has 0 amide bonds. The number of carbonyl (C=O) groups excluding carboxylic acids is 1. The monoisotopic (exact) mass is 335 g/mol. The molecular formula is C18H19ClFNO2. The van der Waals surface area contributed by atoms with Gasteiger partial charge in [0.05, 0.1) is 13.0 Å². The Bertz CT molecular complexity index is 673. The number of ether oxygens (including phenoxy) is 1. The van der Waals surface area contributed by atoms with E-state index in [1.165, 1.54) is 18.2 Å². The molecule has 23 heavy (non-hydrogen) atoms. The van der Waals surface area contributed by atoms with Gasteiger partial charge in [0.2, 0.25) is 0 Å². The lowest BCUT2D eigenvalue weighted by Gasteiger charge is -2.12. The van der Waals surface area contributed by atoms with Crippen LogP contribution in [0.25, 0.3) is 11.1 Å². The highest BCUT2D eigenvalue weighted by atomic mass is 35.5. The summed E-state index contributed by atoms with van der Waals surface area (Å²) in [5.74, 6) is -0.618. The molecule has 0 aliphatic heterocycles. The van der Waals surface area contributed by atoms with Gasteiger partial charge in [-0.25, -0.2) is 4.39 Å². The van der Waals surface area contributed by atoms with Crippen LogP contribution in [0.1, 0.15) is 18.9 Å². The number of benzene rings is 2. The van der Waals surface area contributed by atoms with E-state index in [1.54, 1.807) is 6.92 Å². The summed E-state index contributed by atoms with van der Waals surface area (Å²) in [4.78, 5) is 11.4. The molecule has 0 aliphatic rings. The zero-order chi connectivity index (χ0) is 16.8. The van der Waals surface area contributed by atoms with Crippen molar-refractivity contribution in [2.45, 2.75) is 25.8 Å². The fourth-order valence-electron chi connectivity index (χ4n) is 2.35. The van der Waals surface area contributed by atoms with E-state index >= 15 is 0 Å². The fraction of sp³-hybridized carbons (Fsp3) is 0.278. The van der Waals surface area contributed by atoms with E-state index < -0.39 is 0 Å². The molecule has 0 spiro atoms. The van der Waals surface area contributed by atoms with Crippen molar-refractivity contribution in [1.29, 1.82) is 0 Å². The largest absolute Gasteiger partial charge is 0.466 e. The Morgan fingerprint density at radius 1 is 1.26 bits per heavy atom.